The van der Waals surface area contributed by atoms with Crippen molar-refractivity contribution in [2.24, 2.45) is 0 Å². The van der Waals surface area contributed by atoms with E-state index in [0.29, 0.717) is 17.4 Å². The fourth-order valence-electron chi connectivity index (χ4n) is 1.37. The van der Waals surface area contributed by atoms with Crippen LogP contribution in [-0.4, -0.2) is 22.6 Å². The molecule has 6 nitrogen and oxygen atoms in total. The van der Waals surface area contributed by atoms with Gasteiger partial charge < -0.3 is 20.9 Å². The van der Waals surface area contributed by atoms with Gasteiger partial charge in [0.05, 0.1) is 12.2 Å². The number of aromatic nitrogens is 1. The van der Waals surface area contributed by atoms with Crippen LogP contribution < -0.4 is 15.8 Å². The SMILES string of the molecule is Nc1nc(CNC(=O)COc2ccccc2O)cs1. The highest BCUT2D eigenvalue weighted by Crippen LogP contribution is 2.23. The van der Waals surface area contributed by atoms with Crippen LogP contribution in [0.2, 0.25) is 0 Å². The standard InChI is InChI=1S/C12H13N3O3S/c13-12-15-8(7-19-12)5-14-11(17)6-18-10-4-2-1-3-9(10)16/h1-4,7,16H,5-6H2,(H2,13,15)(H,14,17). The molecule has 0 saturated carbocycles. The first-order valence-electron chi connectivity index (χ1n) is 5.52. The fourth-order valence-corrected chi connectivity index (χ4v) is 1.93. The third-order valence-electron chi connectivity index (χ3n) is 2.26. The number of amides is 1. The molecule has 4 N–H and O–H groups in total. The van der Waals surface area contributed by atoms with Gasteiger partial charge in [0, 0.05) is 5.38 Å². The Morgan fingerprint density at radius 1 is 1.47 bits per heavy atom. The van der Waals surface area contributed by atoms with Crippen LogP contribution in [0, 0.1) is 0 Å². The molecule has 0 unspecified atom stereocenters. The summed E-state index contributed by atoms with van der Waals surface area (Å²) in [4.78, 5) is 15.6. The number of hydrogen-bond donors (Lipinski definition) is 3. The van der Waals surface area contributed by atoms with E-state index < -0.39 is 0 Å². The smallest absolute Gasteiger partial charge is 0.258 e. The highest BCUT2D eigenvalue weighted by Gasteiger charge is 2.06. The van der Waals surface area contributed by atoms with E-state index in [1.165, 1.54) is 17.4 Å². The third-order valence-corrected chi connectivity index (χ3v) is 2.98. The van der Waals surface area contributed by atoms with Crippen LogP contribution in [-0.2, 0) is 11.3 Å². The van der Waals surface area contributed by atoms with Crippen LogP contribution in [0.3, 0.4) is 0 Å². The first kappa shape index (κ1) is 13.2. The van der Waals surface area contributed by atoms with E-state index in [0.717, 1.165) is 0 Å². The van der Waals surface area contributed by atoms with Crippen molar-refractivity contribution in [3.63, 3.8) is 0 Å². The van der Waals surface area contributed by atoms with Gasteiger partial charge in [0.2, 0.25) is 0 Å². The average Bonchev–Trinajstić information content (AvgIpc) is 2.81. The van der Waals surface area contributed by atoms with Crippen molar-refractivity contribution in [1.29, 1.82) is 0 Å². The number of nitrogens with one attached hydrogen (secondary N) is 1. The number of ether oxygens (including phenoxy) is 1. The monoisotopic (exact) mass is 279 g/mol. The predicted octanol–water partition coefficient (Wildman–Crippen LogP) is 1.13. The maximum atomic E-state index is 11.5. The van der Waals surface area contributed by atoms with Gasteiger partial charge in [-0.25, -0.2) is 4.98 Å². The number of phenolic OH excluding ortho intramolecular Hbond substituents is 1. The summed E-state index contributed by atoms with van der Waals surface area (Å²) in [6.45, 7) is 0.133. The summed E-state index contributed by atoms with van der Waals surface area (Å²) >= 11 is 1.32. The molecule has 2 aromatic rings. The molecule has 0 radical (unpaired) electrons. The van der Waals surface area contributed by atoms with E-state index in [2.05, 4.69) is 10.3 Å². The zero-order valence-corrected chi connectivity index (χ0v) is 10.8. The van der Waals surface area contributed by atoms with E-state index in [1.54, 1.807) is 23.6 Å². The lowest BCUT2D eigenvalue weighted by atomic mass is 10.3. The highest BCUT2D eigenvalue weighted by atomic mass is 32.1. The van der Waals surface area contributed by atoms with Gasteiger partial charge in [-0.3, -0.25) is 4.79 Å². The first-order valence-corrected chi connectivity index (χ1v) is 6.40. The van der Waals surface area contributed by atoms with Gasteiger partial charge in [-0.2, -0.15) is 0 Å². The number of aromatic hydroxyl groups is 1. The van der Waals surface area contributed by atoms with Gasteiger partial charge in [0.15, 0.2) is 23.2 Å². The second kappa shape index (κ2) is 6.05. The van der Waals surface area contributed by atoms with E-state index in [1.807, 2.05) is 0 Å². The topological polar surface area (TPSA) is 97.5 Å². The Balaban J connectivity index is 1.77. The average molecular weight is 279 g/mol. The molecule has 7 heteroatoms. The lowest BCUT2D eigenvalue weighted by Gasteiger charge is -2.07. The number of rotatable bonds is 5. The summed E-state index contributed by atoms with van der Waals surface area (Å²) in [5.74, 6) is -0.0204. The maximum absolute atomic E-state index is 11.5. The molecule has 0 spiro atoms. The number of carbonyl (C=O) groups excluding carboxylic acids is 1. The summed E-state index contributed by atoms with van der Waals surface area (Å²) in [5, 5.41) is 14.3. The molecular formula is C12H13N3O3S. The van der Waals surface area contributed by atoms with Crippen molar-refractivity contribution in [2.45, 2.75) is 6.54 Å². The lowest BCUT2D eigenvalue weighted by molar-refractivity contribution is -0.123. The molecule has 1 aromatic heterocycles. The normalized spacial score (nSPS) is 10.1. The van der Waals surface area contributed by atoms with Gasteiger partial charge in [-0.1, -0.05) is 12.1 Å². The van der Waals surface area contributed by atoms with Crippen LogP contribution in [0.25, 0.3) is 0 Å². The first-order chi connectivity index (χ1) is 9.15. The molecule has 0 atom stereocenters. The van der Waals surface area contributed by atoms with Crippen molar-refractivity contribution < 1.29 is 14.6 Å². The summed E-state index contributed by atoms with van der Waals surface area (Å²) in [6.07, 6.45) is 0. The summed E-state index contributed by atoms with van der Waals surface area (Å²) < 4.78 is 5.19. The van der Waals surface area contributed by atoms with Gasteiger partial charge in [-0.15, -0.1) is 11.3 Å². The Labute approximate surface area is 113 Å². The van der Waals surface area contributed by atoms with Crippen LogP contribution in [0.5, 0.6) is 11.5 Å². The van der Waals surface area contributed by atoms with Crippen LogP contribution in [0.1, 0.15) is 5.69 Å². The number of phenols is 1. The molecule has 0 bridgehead atoms. The highest BCUT2D eigenvalue weighted by molar-refractivity contribution is 7.13. The maximum Gasteiger partial charge on any atom is 0.258 e. The molecular weight excluding hydrogens is 266 g/mol. The number of benzene rings is 1. The molecule has 0 fully saturated rings. The van der Waals surface area contributed by atoms with Crippen LogP contribution >= 0.6 is 11.3 Å². The number of carbonyl (C=O) groups is 1. The van der Waals surface area contributed by atoms with Crippen molar-refractivity contribution in [2.75, 3.05) is 12.3 Å². The molecule has 1 amide bonds. The van der Waals surface area contributed by atoms with Crippen molar-refractivity contribution in [1.82, 2.24) is 10.3 Å². The largest absolute Gasteiger partial charge is 0.504 e. The second-order valence-electron chi connectivity index (χ2n) is 3.71. The molecule has 0 saturated heterocycles. The summed E-state index contributed by atoms with van der Waals surface area (Å²) in [7, 11) is 0. The van der Waals surface area contributed by atoms with Crippen LogP contribution in [0.15, 0.2) is 29.6 Å². The van der Waals surface area contributed by atoms with E-state index in [-0.39, 0.29) is 24.0 Å². The lowest BCUT2D eigenvalue weighted by Crippen LogP contribution is -2.28. The number of anilines is 1. The molecule has 0 aliphatic rings. The van der Waals surface area contributed by atoms with Crippen molar-refractivity contribution in [3.05, 3.63) is 35.3 Å². The third kappa shape index (κ3) is 3.85. The molecule has 19 heavy (non-hydrogen) atoms. The van der Waals surface area contributed by atoms with Crippen LogP contribution in [0.4, 0.5) is 5.13 Å². The zero-order chi connectivity index (χ0) is 13.7. The predicted molar refractivity (Wildman–Crippen MR) is 72.0 cm³/mol. The van der Waals surface area contributed by atoms with E-state index in [9.17, 15) is 9.90 Å². The summed E-state index contributed by atoms with van der Waals surface area (Å²) in [5.41, 5.74) is 6.19. The van der Waals surface area contributed by atoms with E-state index >= 15 is 0 Å². The number of nitrogen functional groups attached to an aromatic ring is 1. The van der Waals surface area contributed by atoms with Gasteiger partial charge in [-0.05, 0) is 12.1 Å². The van der Waals surface area contributed by atoms with Gasteiger partial charge >= 0.3 is 0 Å². The Hall–Kier alpha value is -2.28. The number of hydrogen-bond acceptors (Lipinski definition) is 6. The molecule has 100 valence electrons. The Bertz CT molecular complexity index is 571. The Morgan fingerprint density at radius 2 is 2.26 bits per heavy atom. The minimum atomic E-state index is -0.296. The number of para-hydroxylation sites is 2. The van der Waals surface area contributed by atoms with Gasteiger partial charge in [0.1, 0.15) is 0 Å². The number of thiazole rings is 1. The van der Waals surface area contributed by atoms with Crippen molar-refractivity contribution in [3.8, 4) is 11.5 Å². The molecule has 0 aliphatic heterocycles. The molecule has 1 aromatic carbocycles. The van der Waals surface area contributed by atoms with Crippen molar-refractivity contribution >= 4 is 22.4 Å². The fraction of sp³-hybridized carbons (Fsp3) is 0.167. The Kier molecular flexibility index (Phi) is 4.19. The van der Waals surface area contributed by atoms with E-state index in [4.69, 9.17) is 10.5 Å². The minimum Gasteiger partial charge on any atom is -0.504 e. The quantitative estimate of drug-likeness (QED) is 0.762. The molecule has 1 heterocycles. The second-order valence-corrected chi connectivity index (χ2v) is 4.60. The zero-order valence-electron chi connectivity index (χ0n) is 10.00. The van der Waals surface area contributed by atoms with Gasteiger partial charge in [0.25, 0.3) is 5.91 Å². The Morgan fingerprint density at radius 3 is 2.95 bits per heavy atom. The minimum absolute atomic E-state index is 0.00238. The summed E-state index contributed by atoms with van der Waals surface area (Å²) in [6, 6.07) is 6.47. The number of nitrogens with two attached hydrogens (primary N) is 1. The number of nitrogens with zero attached hydrogens (tertiary/aromatic N) is 1. The molecule has 2 rings (SSSR count). The molecule has 0 aliphatic carbocycles.